The smallest absolute Gasteiger partial charge is 0.109 e. The van der Waals surface area contributed by atoms with Gasteiger partial charge in [-0.2, -0.15) is 0 Å². The van der Waals surface area contributed by atoms with E-state index in [1.54, 1.807) is 0 Å². The fraction of sp³-hybridized carbons (Fsp3) is 1.00. The molecule has 0 aliphatic rings. The number of rotatable bonds is 10. The number of unbranched alkanes of at least 4 members (excludes halogenated alkanes) is 4. The number of hydrogen-bond donors (Lipinski definition) is 3. The molecule has 4 heteroatoms. The standard InChI is InChI=1S/C11H24O4/c1-2-3-4-5-6-7-15-11(9-13)10(14)8-12/h10-14H,2-9H2,1H3/t10-,11-/m1/s1. The van der Waals surface area contributed by atoms with Crippen molar-refractivity contribution in [3.8, 4) is 0 Å². The number of hydrogen-bond acceptors (Lipinski definition) is 4. The molecule has 15 heavy (non-hydrogen) atoms. The van der Waals surface area contributed by atoms with Gasteiger partial charge in [-0.15, -0.1) is 0 Å². The molecule has 0 unspecified atom stereocenters. The molecule has 0 aromatic carbocycles. The number of aliphatic hydroxyl groups excluding tert-OH is 3. The van der Waals surface area contributed by atoms with Crippen molar-refractivity contribution in [2.45, 2.75) is 51.2 Å². The van der Waals surface area contributed by atoms with Crippen LogP contribution < -0.4 is 0 Å². The highest BCUT2D eigenvalue weighted by Crippen LogP contribution is 2.05. The van der Waals surface area contributed by atoms with E-state index in [2.05, 4.69) is 6.92 Å². The van der Waals surface area contributed by atoms with Gasteiger partial charge in [-0.05, 0) is 6.42 Å². The molecule has 0 saturated carbocycles. The lowest BCUT2D eigenvalue weighted by molar-refractivity contribution is -0.0801. The molecular weight excluding hydrogens is 196 g/mol. The predicted molar refractivity (Wildman–Crippen MR) is 58.7 cm³/mol. The Morgan fingerprint density at radius 1 is 1.00 bits per heavy atom. The molecule has 0 aliphatic heterocycles. The largest absolute Gasteiger partial charge is 0.394 e. The molecule has 0 aromatic heterocycles. The summed E-state index contributed by atoms with van der Waals surface area (Å²) in [6.07, 6.45) is 4.07. The summed E-state index contributed by atoms with van der Waals surface area (Å²) in [7, 11) is 0. The third-order valence-electron chi connectivity index (χ3n) is 2.38. The third kappa shape index (κ3) is 7.73. The van der Waals surface area contributed by atoms with E-state index in [9.17, 15) is 5.11 Å². The molecule has 0 fully saturated rings. The average molecular weight is 220 g/mol. The zero-order chi connectivity index (χ0) is 11.5. The topological polar surface area (TPSA) is 69.9 Å². The van der Waals surface area contributed by atoms with E-state index in [1.807, 2.05) is 0 Å². The molecule has 0 radical (unpaired) electrons. The Kier molecular flexibility index (Phi) is 10.3. The molecule has 0 spiro atoms. The van der Waals surface area contributed by atoms with E-state index < -0.39 is 12.2 Å². The Morgan fingerprint density at radius 3 is 2.20 bits per heavy atom. The quantitative estimate of drug-likeness (QED) is 0.474. The van der Waals surface area contributed by atoms with Gasteiger partial charge in [0, 0.05) is 6.61 Å². The molecule has 0 aliphatic carbocycles. The van der Waals surface area contributed by atoms with Crippen LogP contribution in [0, 0.1) is 0 Å². The van der Waals surface area contributed by atoms with Crippen molar-refractivity contribution in [3.63, 3.8) is 0 Å². The molecule has 0 saturated heterocycles. The zero-order valence-electron chi connectivity index (χ0n) is 9.56. The minimum Gasteiger partial charge on any atom is -0.394 e. The van der Waals surface area contributed by atoms with Gasteiger partial charge in [0.25, 0.3) is 0 Å². The molecule has 0 bridgehead atoms. The molecule has 0 amide bonds. The molecule has 0 heterocycles. The number of ether oxygens (including phenoxy) is 1. The van der Waals surface area contributed by atoms with Gasteiger partial charge >= 0.3 is 0 Å². The summed E-state index contributed by atoms with van der Waals surface area (Å²) in [5.41, 5.74) is 0. The van der Waals surface area contributed by atoms with Crippen LogP contribution in [0.5, 0.6) is 0 Å². The summed E-state index contributed by atoms with van der Waals surface area (Å²) in [5, 5.41) is 26.8. The van der Waals surface area contributed by atoms with E-state index in [0.29, 0.717) is 6.61 Å². The van der Waals surface area contributed by atoms with Crippen molar-refractivity contribution in [1.82, 2.24) is 0 Å². The van der Waals surface area contributed by atoms with Crippen molar-refractivity contribution in [2.75, 3.05) is 19.8 Å². The summed E-state index contributed by atoms with van der Waals surface area (Å²) in [6, 6.07) is 0. The van der Waals surface area contributed by atoms with Crippen LogP contribution in [-0.2, 0) is 4.74 Å². The SMILES string of the molecule is CCCCCCCO[C@H](CO)[C@H](O)CO. The Bertz CT molecular complexity index is 130. The second-order valence-corrected chi connectivity index (χ2v) is 3.76. The molecule has 92 valence electrons. The first-order valence-electron chi connectivity index (χ1n) is 5.77. The lowest BCUT2D eigenvalue weighted by atomic mass is 10.1. The Morgan fingerprint density at radius 2 is 1.67 bits per heavy atom. The second kappa shape index (κ2) is 10.4. The minimum atomic E-state index is -0.981. The van der Waals surface area contributed by atoms with Crippen molar-refractivity contribution in [3.05, 3.63) is 0 Å². The van der Waals surface area contributed by atoms with Gasteiger partial charge < -0.3 is 20.1 Å². The summed E-state index contributed by atoms with van der Waals surface area (Å²) in [4.78, 5) is 0. The van der Waals surface area contributed by atoms with E-state index in [4.69, 9.17) is 14.9 Å². The van der Waals surface area contributed by atoms with Gasteiger partial charge in [0.1, 0.15) is 12.2 Å². The highest BCUT2D eigenvalue weighted by molar-refractivity contribution is 4.66. The van der Waals surface area contributed by atoms with Gasteiger partial charge in [0.15, 0.2) is 0 Å². The van der Waals surface area contributed by atoms with Crippen LogP contribution in [0.1, 0.15) is 39.0 Å². The van der Waals surface area contributed by atoms with Crippen LogP contribution in [0.25, 0.3) is 0 Å². The summed E-state index contributed by atoms with van der Waals surface area (Å²) in [5.74, 6) is 0. The Balaban J connectivity index is 3.38. The van der Waals surface area contributed by atoms with Crippen molar-refractivity contribution in [2.24, 2.45) is 0 Å². The molecule has 0 rings (SSSR count). The first-order chi connectivity index (χ1) is 7.26. The zero-order valence-corrected chi connectivity index (χ0v) is 9.56. The lowest BCUT2D eigenvalue weighted by Crippen LogP contribution is -2.35. The van der Waals surface area contributed by atoms with Crippen LogP contribution in [0.3, 0.4) is 0 Å². The highest BCUT2D eigenvalue weighted by Gasteiger charge is 2.17. The Hall–Kier alpha value is -0.160. The summed E-state index contributed by atoms with van der Waals surface area (Å²) < 4.78 is 5.26. The number of aliphatic hydroxyl groups is 3. The van der Waals surface area contributed by atoms with Gasteiger partial charge in [0.2, 0.25) is 0 Å². The van der Waals surface area contributed by atoms with Gasteiger partial charge in [-0.3, -0.25) is 0 Å². The van der Waals surface area contributed by atoms with Gasteiger partial charge in [0.05, 0.1) is 13.2 Å². The monoisotopic (exact) mass is 220 g/mol. The van der Waals surface area contributed by atoms with Crippen LogP contribution in [-0.4, -0.2) is 47.3 Å². The van der Waals surface area contributed by atoms with Crippen LogP contribution in [0.15, 0.2) is 0 Å². The summed E-state index contributed by atoms with van der Waals surface area (Å²) in [6.45, 7) is 2.07. The third-order valence-corrected chi connectivity index (χ3v) is 2.38. The minimum absolute atomic E-state index is 0.253. The molecule has 3 N–H and O–H groups in total. The van der Waals surface area contributed by atoms with Crippen LogP contribution >= 0.6 is 0 Å². The van der Waals surface area contributed by atoms with E-state index in [0.717, 1.165) is 12.8 Å². The molecule has 2 atom stereocenters. The fourth-order valence-corrected chi connectivity index (χ4v) is 1.34. The molecule has 0 aromatic rings. The average Bonchev–Trinajstić information content (AvgIpc) is 2.27. The molecular formula is C11H24O4. The van der Waals surface area contributed by atoms with Gasteiger partial charge in [-0.1, -0.05) is 32.6 Å². The molecule has 4 nitrogen and oxygen atoms in total. The van der Waals surface area contributed by atoms with Crippen LogP contribution in [0.4, 0.5) is 0 Å². The first-order valence-corrected chi connectivity index (χ1v) is 5.77. The first kappa shape index (κ1) is 14.8. The van der Waals surface area contributed by atoms with Crippen LogP contribution in [0.2, 0.25) is 0 Å². The predicted octanol–water partition coefficient (Wildman–Crippen LogP) is 0.687. The van der Waals surface area contributed by atoms with E-state index >= 15 is 0 Å². The van der Waals surface area contributed by atoms with Gasteiger partial charge in [-0.25, -0.2) is 0 Å². The Labute approximate surface area is 91.9 Å². The van der Waals surface area contributed by atoms with Crippen molar-refractivity contribution >= 4 is 0 Å². The lowest BCUT2D eigenvalue weighted by Gasteiger charge is -2.19. The summed E-state index contributed by atoms with van der Waals surface area (Å²) >= 11 is 0. The normalized spacial score (nSPS) is 15.2. The maximum Gasteiger partial charge on any atom is 0.109 e. The fourth-order valence-electron chi connectivity index (χ4n) is 1.34. The second-order valence-electron chi connectivity index (χ2n) is 3.76. The van der Waals surface area contributed by atoms with Crippen molar-refractivity contribution < 1.29 is 20.1 Å². The van der Waals surface area contributed by atoms with E-state index in [-0.39, 0.29) is 13.2 Å². The van der Waals surface area contributed by atoms with Crippen molar-refractivity contribution in [1.29, 1.82) is 0 Å². The maximum absolute atomic E-state index is 9.22. The maximum atomic E-state index is 9.22. The highest BCUT2D eigenvalue weighted by atomic mass is 16.5. The van der Waals surface area contributed by atoms with E-state index in [1.165, 1.54) is 19.3 Å².